The summed E-state index contributed by atoms with van der Waals surface area (Å²) >= 11 is 0. The summed E-state index contributed by atoms with van der Waals surface area (Å²) in [6.07, 6.45) is 6.01. The highest BCUT2D eigenvalue weighted by atomic mass is 15.3. The van der Waals surface area contributed by atoms with E-state index in [0.717, 1.165) is 0 Å². The van der Waals surface area contributed by atoms with Crippen LogP contribution in [0.5, 0.6) is 0 Å². The molecule has 0 amide bonds. The van der Waals surface area contributed by atoms with Crippen molar-refractivity contribution >= 4 is 6.34 Å². The zero-order chi connectivity index (χ0) is 8.82. The molecule has 0 aromatic heterocycles. The summed E-state index contributed by atoms with van der Waals surface area (Å²) in [6, 6.07) is 0.329. The number of nitrogens with zero attached hydrogens (tertiary/aromatic N) is 1. The Morgan fingerprint density at radius 1 is 1.33 bits per heavy atom. The minimum absolute atomic E-state index is 0.0613. The van der Waals surface area contributed by atoms with E-state index in [-0.39, 0.29) is 11.1 Å². The Morgan fingerprint density at radius 3 is 2.75 bits per heavy atom. The maximum atomic E-state index is 4.36. The third-order valence-electron chi connectivity index (χ3n) is 3.40. The normalized spacial score (nSPS) is 49.8. The minimum Gasteiger partial charge on any atom is -0.369 e. The summed E-state index contributed by atoms with van der Waals surface area (Å²) in [5, 5.41) is 6.59. The lowest BCUT2D eigenvalue weighted by molar-refractivity contribution is 0.152. The van der Waals surface area contributed by atoms with Crippen LogP contribution in [0.15, 0.2) is 17.3 Å². The van der Waals surface area contributed by atoms with E-state index in [0.29, 0.717) is 6.04 Å². The summed E-state index contributed by atoms with van der Waals surface area (Å²) in [7, 11) is 0. The van der Waals surface area contributed by atoms with Crippen LogP contribution in [0.3, 0.4) is 0 Å². The van der Waals surface area contributed by atoms with Crippen LogP contribution in [-0.4, -0.2) is 18.0 Å². The molecule has 2 aliphatic heterocycles. The Kier molecular flexibility index (Phi) is 1.29. The van der Waals surface area contributed by atoms with Gasteiger partial charge in [0.25, 0.3) is 0 Å². The van der Waals surface area contributed by atoms with Gasteiger partial charge in [-0.2, -0.15) is 0 Å². The SMILES string of the molecule is C[C@@H]1N=CN[C@@]2(C)NC=C[C@@]12C. The van der Waals surface area contributed by atoms with Crippen LogP contribution in [0, 0.1) is 5.41 Å². The maximum absolute atomic E-state index is 4.36. The molecule has 0 saturated heterocycles. The van der Waals surface area contributed by atoms with Gasteiger partial charge >= 0.3 is 0 Å². The second-order valence-corrected chi connectivity index (χ2v) is 3.98. The Labute approximate surface area is 73.0 Å². The van der Waals surface area contributed by atoms with Gasteiger partial charge in [-0.25, -0.2) is 0 Å². The van der Waals surface area contributed by atoms with Crippen molar-refractivity contribution in [2.45, 2.75) is 32.5 Å². The summed E-state index contributed by atoms with van der Waals surface area (Å²) in [5.74, 6) is 0. The number of hydrogen-bond donors (Lipinski definition) is 2. The van der Waals surface area contributed by atoms with E-state index >= 15 is 0 Å². The van der Waals surface area contributed by atoms with E-state index in [1.54, 1.807) is 6.34 Å². The van der Waals surface area contributed by atoms with Gasteiger partial charge in [-0.15, -0.1) is 0 Å². The van der Waals surface area contributed by atoms with Gasteiger partial charge in [-0.3, -0.25) is 4.99 Å². The van der Waals surface area contributed by atoms with Gasteiger partial charge in [0.2, 0.25) is 0 Å². The van der Waals surface area contributed by atoms with E-state index in [1.165, 1.54) is 0 Å². The first-order chi connectivity index (χ1) is 5.58. The molecule has 3 heteroatoms. The van der Waals surface area contributed by atoms with Crippen LogP contribution >= 0.6 is 0 Å². The van der Waals surface area contributed by atoms with E-state index in [2.05, 4.69) is 42.5 Å². The van der Waals surface area contributed by atoms with Crippen molar-refractivity contribution in [3.8, 4) is 0 Å². The van der Waals surface area contributed by atoms with Gasteiger partial charge in [0.15, 0.2) is 0 Å². The number of hydrogen-bond acceptors (Lipinski definition) is 3. The Balaban J connectivity index is 2.44. The second-order valence-electron chi connectivity index (χ2n) is 3.98. The molecule has 12 heavy (non-hydrogen) atoms. The smallest absolute Gasteiger partial charge is 0.116 e. The van der Waals surface area contributed by atoms with Crippen molar-refractivity contribution in [2.24, 2.45) is 10.4 Å². The van der Waals surface area contributed by atoms with Crippen molar-refractivity contribution < 1.29 is 0 Å². The number of rotatable bonds is 0. The highest BCUT2D eigenvalue weighted by molar-refractivity contribution is 5.59. The standard InChI is InChI=1S/C9H15N3/c1-7-8(2)4-5-11-9(8,3)12-6-10-7/h4-7,11H,1-3H3,(H,10,12)/t7-,8-,9+/m0/s1. The van der Waals surface area contributed by atoms with Gasteiger partial charge in [0, 0.05) is 0 Å². The average Bonchev–Trinajstić information content (AvgIpc) is 2.30. The highest BCUT2D eigenvalue weighted by Crippen LogP contribution is 2.40. The largest absolute Gasteiger partial charge is 0.369 e. The number of aliphatic imine (C=N–C) groups is 1. The van der Waals surface area contributed by atoms with Gasteiger partial charge in [-0.1, -0.05) is 6.08 Å². The third-order valence-corrected chi connectivity index (χ3v) is 3.40. The Morgan fingerprint density at radius 2 is 2.08 bits per heavy atom. The van der Waals surface area contributed by atoms with Gasteiger partial charge < -0.3 is 10.6 Å². The van der Waals surface area contributed by atoms with Crippen LogP contribution in [0.1, 0.15) is 20.8 Å². The van der Waals surface area contributed by atoms with E-state index in [1.807, 2.05) is 6.20 Å². The molecule has 2 rings (SSSR count). The third kappa shape index (κ3) is 0.687. The fraction of sp³-hybridized carbons (Fsp3) is 0.667. The summed E-state index contributed by atoms with van der Waals surface area (Å²) in [5.41, 5.74) is 0.0237. The predicted octanol–water partition coefficient (Wildman–Crippen LogP) is 0.846. The van der Waals surface area contributed by atoms with E-state index in [4.69, 9.17) is 0 Å². The van der Waals surface area contributed by atoms with Crippen LogP contribution in [0.4, 0.5) is 0 Å². The molecule has 0 bridgehead atoms. The molecule has 0 aliphatic carbocycles. The van der Waals surface area contributed by atoms with Crippen molar-refractivity contribution in [3.05, 3.63) is 12.3 Å². The van der Waals surface area contributed by atoms with Crippen LogP contribution in [0.2, 0.25) is 0 Å². The summed E-state index contributed by atoms with van der Waals surface area (Å²) in [6.45, 7) is 6.53. The summed E-state index contributed by atoms with van der Waals surface area (Å²) < 4.78 is 0. The molecule has 0 aromatic rings. The molecule has 66 valence electrons. The minimum atomic E-state index is -0.0613. The Hall–Kier alpha value is -0.990. The molecule has 2 aliphatic rings. The number of fused-ring (bicyclic) bond motifs is 1. The maximum Gasteiger partial charge on any atom is 0.116 e. The lowest BCUT2D eigenvalue weighted by Crippen LogP contribution is -2.64. The fourth-order valence-corrected chi connectivity index (χ4v) is 1.89. The van der Waals surface area contributed by atoms with Gasteiger partial charge in [0.05, 0.1) is 17.8 Å². The van der Waals surface area contributed by atoms with E-state index < -0.39 is 0 Å². The van der Waals surface area contributed by atoms with Crippen LogP contribution in [-0.2, 0) is 0 Å². The van der Waals surface area contributed by atoms with Crippen LogP contribution < -0.4 is 10.6 Å². The van der Waals surface area contributed by atoms with Crippen molar-refractivity contribution in [1.29, 1.82) is 0 Å². The molecule has 3 nitrogen and oxygen atoms in total. The quantitative estimate of drug-likeness (QED) is 0.558. The molecule has 3 atom stereocenters. The molecule has 2 heterocycles. The molecule has 2 N–H and O–H groups in total. The first kappa shape index (κ1) is 7.65. The monoisotopic (exact) mass is 165 g/mol. The lowest BCUT2D eigenvalue weighted by Gasteiger charge is -2.45. The first-order valence-corrected chi connectivity index (χ1v) is 4.33. The molecular formula is C9H15N3. The summed E-state index contributed by atoms with van der Waals surface area (Å²) in [4.78, 5) is 4.36. The average molecular weight is 165 g/mol. The van der Waals surface area contributed by atoms with Crippen LogP contribution in [0.25, 0.3) is 0 Å². The predicted molar refractivity (Wildman–Crippen MR) is 49.9 cm³/mol. The Bertz CT molecular complexity index is 258. The number of nitrogens with one attached hydrogen (secondary N) is 2. The zero-order valence-corrected chi connectivity index (χ0v) is 7.76. The topological polar surface area (TPSA) is 36.4 Å². The molecule has 0 radical (unpaired) electrons. The van der Waals surface area contributed by atoms with Gasteiger partial charge in [0.1, 0.15) is 5.66 Å². The van der Waals surface area contributed by atoms with E-state index in [9.17, 15) is 0 Å². The molecular weight excluding hydrogens is 150 g/mol. The molecule has 0 fully saturated rings. The van der Waals surface area contributed by atoms with Gasteiger partial charge in [-0.05, 0) is 27.0 Å². The highest BCUT2D eigenvalue weighted by Gasteiger charge is 2.50. The van der Waals surface area contributed by atoms with Crippen molar-refractivity contribution in [3.63, 3.8) is 0 Å². The molecule has 0 aromatic carbocycles. The lowest BCUT2D eigenvalue weighted by atomic mass is 9.73. The molecule has 0 spiro atoms. The fourth-order valence-electron chi connectivity index (χ4n) is 1.89. The zero-order valence-electron chi connectivity index (χ0n) is 7.76. The molecule has 0 unspecified atom stereocenters. The first-order valence-electron chi connectivity index (χ1n) is 4.33. The van der Waals surface area contributed by atoms with Crippen molar-refractivity contribution in [2.75, 3.05) is 0 Å². The van der Waals surface area contributed by atoms with Crippen molar-refractivity contribution in [1.82, 2.24) is 10.6 Å². The second kappa shape index (κ2) is 2.03. The molecule has 0 saturated carbocycles.